The van der Waals surface area contributed by atoms with E-state index in [1.165, 1.54) is 5.56 Å². The average molecular weight is 192 g/mol. The van der Waals surface area contributed by atoms with Crippen molar-refractivity contribution >= 4 is 0 Å². The Morgan fingerprint density at radius 3 is 2.79 bits per heavy atom. The Balaban J connectivity index is 2.37. The second-order valence-corrected chi connectivity index (χ2v) is 4.24. The molecule has 1 heterocycles. The molecule has 1 aromatic rings. The molecule has 2 nitrogen and oxygen atoms in total. The van der Waals surface area contributed by atoms with Crippen LogP contribution >= 0.6 is 0 Å². The Labute approximate surface area is 84.8 Å². The molecule has 2 rings (SSSR count). The molecule has 76 valence electrons. The number of hydrogen-bond acceptors (Lipinski definition) is 2. The van der Waals surface area contributed by atoms with Gasteiger partial charge in [-0.05, 0) is 18.6 Å². The fourth-order valence-corrected chi connectivity index (χ4v) is 1.90. The SMILES string of the molecule is CC1Cc2ccccc2OC(C)(C)O1. The van der Waals surface area contributed by atoms with Gasteiger partial charge in [-0.1, -0.05) is 18.2 Å². The van der Waals surface area contributed by atoms with E-state index < -0.39 is 5.79 Å². The zero-order valence-corrected chi connectivity index (χ0v) is 8.91. The van der Waals surface area contributed by atoms with E-state index in [4.69, 9.17) is 9.47 Å². The molecule has 0 N–H and O–H groups in total. The third-order valence-electron chi connectivity index (χ3n) is 2.32. The van der Waals surface area contributed by atoms with Crippen LogP contribution in [0.1, 0.15) is 26.3 Å². The van der Waals surface area contributed by atoms with Crippen molar-refractivity contribution in [2.24, 2.45) is 0 Å². The number of ether oxygens (including phenoxy) is 2. The first-order valence-electron chi connectivity index (χ1n) is 5.01. The Kier molecular flexibility index (Phi) is 2.23. The number of para-hydroxylation sites is 1. The van der Waals surface area contributed by atoms with Gasteiger partial charge in [0.25, 0.3) is 0 Å². The molecule has 1 aromatic carbocycles. The van der Waals surface area contributed by atoms with Gasteiger partial charge in [0.05, 0.1) is 6.10 Å². The van der Waals surface area contributed by atoms with Gasteiger partial charge in [0.2, 0.25) is 5.79 Å². The number of fused-ring (bicyclic) bond motifs is 1. The molecule has 0 saturated heterocycles. The van der Waals surface area contributed by atoms with E-state index in [2.05, 4.69) is 13.0 Å². The lowest BCUT2D eigenvalue weighted by Crippen LogP contribution is -2.33. The highest BCUT2D eigenvalue weighted by molar-refractivity contribution is 5.34. The summed E-state index contributed by atoms with van der Waals surface area (Å²) in [4.78, 5) is 0. The molecule has 0 spiro atoms. The van der Waals surface area contributed by atoms with E-state index in [9.17, 15) is 0 Å². The normalized spacial score (nSPS) is 24.6. The molecule has 0 saturated carbocycles. The van der Waals surface area contributed by atoms with Gasteiger partial charge in [-0.3, -0.25) is 0 Å². The van der Waals surface area contributed by atoms with Crippen LogP contribution in [0.2, 0.25) is 0 Å². The predicted octanol–water partition coefficient (Wildman–Crippen LogP) is 2.76. The van der Waals surface area contributed by atoms with Crippen LogP contribution in [0.15, 0.2) is 24.3 Å². The average Bonchev–Trinajstić information content (AvgIpc) is 2.16. The van der Waals surface area contributed by atoms with Crippen LogP contribution < -0.4 is 4.74 Å². The summed E-state index contributed by atoms with van der Waals surface area (Å²) in [6.45, 7) is 5.98. The third kappa shape index (κ3) is 1.90. The smallest absolute Gasteiger partial charge is 0.205 e. The quantitative estimate of drug-likeness (QED) is 0.629. The van der Waals surface area contributed by atoms with Crippen molar-refractivity contribution in [2.45, 2.75) is 39.1 Å². The summed E-state index contributed by atoms with van der Waals surface area (Å²) in [7, 11) is 0. The molecule has 0 radical (unpaired) electrons. The lowest BCUT2D eigenvalue weighted by atomic mass is 10.1. The summed E-state index contributed by atoms with van der Waals surface area (Å²) < 4.78 is 11.6. The highest BCUT2D eigenvalue weighted by atomic mass is 16.7. The molecule has 0 bridgehead atoms. The summed E-state index contributed by atoms with van der Waals surface area (Å²) in [5.74, 6) is 0.424. The number of benzene rings is 1. The Hall–Kier alpha value is -1.02. The fraction of sp³-hybridized carbons (Fsp3) is 0.500. The maximum atomic E-state index is 5.79. The van der Waals surface area contributed by atoms with E-state index >= 15 is 0 Å². The van der Waals surface area contributed by atoms with E-state index in [0.717, 1.165) is 12.2 Å². The van der Waals surface area contributed by atoms with Crippen molar-refractivity contribution in [3.63, 3.8) is 0 Å². The second kappa shape index (κ2) is 3.28. The fourth-order valence-electron chi connectivity index (χ4n) is 1.90. The zero-order valence-electron chi connectivity index (χ0n) is 8.91. The van der Waals surface area contributed by atoms with E-state index in [0.29, 0.717) is 0 Å². The van der Waals surface area contributed by atoms with Crippen molar-refractivity contribution < 1.29 is 9.47 Å². The highest BCUT2D eigenvalue weighted by Gasteiger charge is 2.28. The summed E-state index contributed by atoms with van der Waals surface area (Å²) >= 11 is 0. The van der Waals surface area contributed by atoms with Crippen molar-refractivity contribution in [1.82, 2.24) is 0 Å². The van der Waals surface area contributed by atoms with E-state index in [1.807, 2.05) is 32.0 Å². The molecule has 0 amide bonds. The standard InChI is InChI=1S/C12H16O2/c1-9-8-10-6-4-5-7-11(10)14-12(2,3)13-9/h4-7,9H,8H2,1-3H3. The van der Waals surface area contributed by atoms with Gasteiger partial charge in [-0.15, -0.1) is 0 Å². The molecule has 14 heavy (non-hydrogen) atoms. The minimum atomic E-state index is -0.522. The molecule has 1 unspecified atom stereocenters. The van der Waals surface area contributed by atoms with Gasteiger partial charge in [-0.25, -0.2) is 0 Å². The molecular formula is C12H16O2. The van der Waals surface area contributed by atoms with Crippen LogP contribution in [-0.4, -0.2) is 11.9 Å². The van der Waals surface area contributed by atoms with Crippen LogP contribution in [0.4, 0.5) is 0 Å². The molecule has 2 heteroatoms. The van der Waals surface area contributed by atoms with Gasteiger partial charge >= 0.3 is 0 Å². The van der Waals surface area contributed by atoms with Crippen LogP contribution in [0.5, 0.6) is 5.75 Å². The monoisotopic (exact) mass is 192 g/mol. The Morgan fingerprint density at radius 1 is 1.29 bits per heavy atom. The first kappa shape index (κ1) is 9.53. The van der Waals surface area contributed by atoms with Crippen molar-refractivity contribution in [1.29, 1.82) is 0 Å². The Bertz CT molecular complexity index is 331. The Morgan fingerprint density at radius 2 is 2.00 bits per heavy atom. The van der Waals surface area contributed by atoms with Crippen molar-refractivity contribution in [2.75, 3.05) is 0 Å². The van der Waals surface area contributed by atoms with Gasteiger partial charge < -0.3 is 9.47 Å². The molecule has 0 aromatic heterocycles. The van der Waals surface area contributed by atoms with Crippen LogP contribution in [0, 0.1) is 0 Å². The summed E-state index contributed by atoms with van der Waals surface area (Å²) in [6, 6.07) is 8.12. The summed E-state index contributed by atoms with van der Waals surface area (Å²) in [6.07, 6.45) is 1.12. The topological polar surface area (TPSA) is 18.5 Å². The lowest BCUT2D eigenvalue weighted by Gasteiger charge is -2.26. The molecule has 0 aliphatic carbocycles. The predicted molar refractivity (Wildman–Crippen MR) is 55.4 cm³/mol. The highest BCUT2D eigenvalue weighted by Crippen LogP contribution is 2.30. The van der Waals surface area contributed by atoms with Gasteiger partial charge in [0.15, 0.2) is 0 Å². The third-order valence-corrected chi connectivity index (χ3v) is 2.32. The first-order valence-corrected chi connectivity index (χ1v) is 5.01. The van der Waals surface area contributed by atoms with Gasteiger partial charge in [0.1, 0.15) is 5.75 Å². The summed E-state index contributed by atoms with van der Waals surface area (Å²) in [5, 5.41) is 0. The number of rotatable bonds is 0. The second-order valence-electron chi connectivity index (χ2n) is 4.24. The van der Waals surface area contributed by atoms with E-state index in [1.54, 1.807) is 0 Å². The minimum absolute atomic E-state index is 0.202. The molecule has 1 aliphatic rings. The maximum absolute atomic E-state index is 5.79. The van der Waals surface area contributed by atoms with E-state index in [-0.39, 0.29) is 6.10 Å². The van der Waals surface area contributed by atoms with Crippen LogP contribution in [-0.2, 0) is 11.2 Å². The van der Waals surface area contributed by atoms with Crippen molar-refractivity contribution in [3.8, 4) is 5.75 Å². The maximum Gasteiger partial charge on any atom is 0.205 e. The van der Waals surface area contributed by atoms with Gasteiger partial charge in [0, 0.05) is 20.3 Å². The molecule has 1 aliphatic heterocycles. The van der Waals surface area contributed by atoms with Crippen LogP contribution in [0.25, 0.3) is 0 Å². The first-order chi connectivity index (χ1) is 6.57. The van der Waals surface area contributed by atoms with Gasteiger partial charge in [-0.2, -0.15) is 0 Å². The minimum Gasteiger partial charge on any atom is -0.463 e. The molecule has 0 fully saturated rings. The summed E-state index contributed by atoms with van der Waals surface area (Å²) in [5.41, 5.74) is 1.23. The van der Waals surface area contributed by atoms with Crippen LogP contribution in [0.3, 0.4) is 0 Å². The molecular weight excluding hydrogens is 176 g/mol. The molecule has 1 atom stereocenters. The lowest BCUT2D eigenvalue weighted by molar-refractivity contribution is -0.176. The van der Waals surface area contributed by atoms with Crippen molar-refractivity contribution in [3.05, 3.63) is 29.8 Å². The largest absolute Gasteiger partial charge is 0.463 e. The zero-order chi connectivity index (χ0) is 10.2. The number of hydrogen-bond donors (Lipinski definition) is 0.